The smallest absolute Gasteiger partial charge is 0.274 e. The number of pyridine rings is 1. The van der Waals surface area contributed by atoms with Crippen molar-refractivity contribution in [3.8, 4) is 11.1 Å². The number of piperidine rings is 1. The van der Waals surface area contributed by atoms with Gasteiger partial charge >= 0.3 is 0 Å². The number of aromatic nitrogens is 1. The lowest BCUT2D eigenvalue weighted by molar-refractivity contribution is 0.0594. The summed E-state index contributed by atoms with van der Waals surface area (Å²) in [4.78, 5) is 41.2. The molecule has 1 aromatic heterocycles. The van der Waals surface area contributed by atoms with E-state index in [9.17, 15) is 14.4 Å². The molecule has 0 saturated carbocycles. The molecule has 37 heavy (non-hydrogen) atoms. The molecule has 6 nitrogen and oxygen atoms in total. The van der Waals surface area contributed by atoms with Crippen molar-refractivity contribution in [2.75, 3.05) is 18.4 Å². The molecule has 2 aliphatic heterocycles. The van der Waals surface area contributed by atoms with E-state index < -0.39 is 0 Å². The maximum absolute atomic E-state index is 13.4. The Morgan fingerprint density at radius 3 is 2.11 bits per heavy atom. The zero-order valence-corrected chi connectivity index (χ0v) is 20.3. The molecule has 2 unspecified atom stereocenters. The van der Waals surface area contributed by atoms with Crippen LogP contribution in [0.5, 0.6) is 0 Å². The third-order valence-electron chi connectivity index (χ3n) is 7.41. The van der Waals surface area contributed by atoms with Crippen molar-refractivity contribution < 1.29 is 9.59 Å². The van der Waals surface area contributed by atoms with E-state index in [2.05, 4.69) is 5.32 Å². The highest BCUT2D eigenvalue weighted by atomic mass is 16.2. The zero-order chi connectivity index (χ0) is 25.4. The third kappa shape index (κ3) is 4.47. The van der Waals surface area contributed by atoms with Crippen LogP contribution >= 0.6 is 0 Å². The summed E-state index contributed by atoms with van der Waals surface area (Å²) in [5.74, 6) is 0.0254. The number of benzene rings is 3. The Hall–Kier alpha value is -4.45. The molecule has 4 aromatic rings. The van der Waals surface area contributed by atoms with Crippen LogP contribution in [0.4, 0.5) is 5.69 Å². The van der Waals surface area contributed by atoms with Crippen molar-refractivity contribution in [2.24, 2.45) is 5.92 Å². The Bertz CT molecular complexity index is 1510. The van der Waals surface area contributed by atoms with Crippen LogP contribution < -0.4 is 10.9 Å². The largest absolute Gasteiger partial charge is 0.338 e. The molecule has 3 heterocycles. The predicted octanol–water partition coefficient (Wildman–Crippen LogP) is 5.03. The van der Waals surface area contributed by atoms with Gasteiger partial charge in [-0.1, -0.05) is 60.7 Å². The molecule has 1 fully saturated rings. The summed E-state index contributed by atoms with van der Waals surface area (Å²) in [6.07, 6.45) is 0.956. The van der Waals surface area contributed by atoms with E-state index in [0.717, 1.165) is 23.2 Å². The van der Waals surface area contributed by atoms with Crippen molar-refractivity contribution in [2.45, 2.75) is 18.9 Å². The minimum absolute atomic E-state index is 0.0354. The maximum Gasteiger partial charge on any atom is 0.274 e. The van der Waals surface area contributed by atoms with Crippen LogP contribution in [0.25, 0.3) is 11.1 Å². The summed E-state index contributed by atoms with van der Waals surface area (Å²) in [6, 6.07) is 30.3. The highest BCUT2D eigenvalue weighted by Gasteiger charge is 2.37. The Labute approximate surface area is 215 Å². The second kappa shape index (κ2) is 9.54. The van der Waals surface area contributed by atoms with E-state index in [1.165, 1.54) is 0 Å². The van der Waals surface area contributed by atoms with Gasteiger partial charge in [0.2, 0.25) is 0 Å². The topological polar surface area (TPSA) is 71.4 Å². The number of nitrogens with zero attached hydrogens (tertiary/aromatic N) is 2. The maximum atomic E-state index is 13.4. The number of hydrogen-bond acceptors (Lipinski definition) is 3. The van der Waals surface area contributed by atoms with E-state index in [0.29, 0.717) is 30.8 Å². The fourth-order valence-electron chi connectivity index (χ4n) is 5.61. The lowest BCUT2D eigenvalue weighted by atomic mass is 9.83. The fourth-order valence-corrected chi connectivity index (χ4v) is 5.61. The molecule has 2 atom stereocenters. The van der Waals surface area contributed by atoms with Crippen LogP contribution in [0.2, 0.25) is 0 Å². The first kappa shape index (κ1) is 23.0. The molecule has 0 aliphatic carbocycles. The first-order valence-corrected chi connectivity index (χ1v) is 12.6. The SMILES string of the molecule is O=C(Nc1ccc2n(c1=O)CC1CC2CN(C(=O)c2ccccc2)C1)c1ccc(-c2ccccc2)cc1. The van der Waals surface area contributed by atoms with Crippen LogP contribution in [-0.4, -0.2) is 34.4 Å². The van der Waals surface area contributed by atoms with Gasteiger partial charge in [-0.05, 0) is 59.9 Å². The predicted molar refractivity (Wildman–Crippen MR) is 144 cm³/mol. The molecule has 6 heteroatoms. The third-order valence-corrected chi connectivity index (χ3v) is 7.41. The first-order chi connectivity index (χ1) is 18.1. The van der Waals surface area contributed by atoms with Crippen LogP contribution in [0.3, 0.4) is 0 Å². The number of carbonyl (C=O) groups is 2. The molecule has 2 bridgehead atoms. The van der Waals surface area contributed by atoms with Crippen molar-refractivity contribution in [1.29, 1.82) is 0 Å². The van der Waals surface area contributed by atoms with Crippen molar-refractivity contribution in [1.82, 2.24) is 9.47 Å². The lowest BCUT2D eigenvalue weighted by Gasteiger charge is -2.43. The molecule has 0 radical (unpaired) electrons. The summed E-state index contributed by atoms with van der Waals surface area (Å²) >= 11 is 0. The average molecular weight is 490 g/mol. The molecular weight excluding hydrogens is 462 g/mol. The van der Waals surface area contributed by atoms with E-state index in [4.69, 9.17) is 0 Å². The van der Waals surface area contributed by atoms with E-state index >= 15 is 0 Å². The molecule has 2 amide bonds. The number of fused-ring (bicyclic) bond motifs is 4. The minimum Gasteiger partial charge on any atom is -0.338 e. The Balaban J connectivity index is 1.19. The fraction of sp³-hybridized carbons (Fsp3) is 0.194. The van der Waals surface area contributed by atoms with Gasteiger partial charge in [-0.25, -0.2) is 0 Å². The standard InChI is InChI=1S/C31H27N3O3/c35-29(24-13-11-23(12-14-24)22-7-3-1-4-8-22)32-27-15-16-28-26-17-21(19-34(28)31(27)37)18-33(20-26)30(36)25-9-5-2-6-10-25/h1-16,21,26H,17-20H2,(H,32,35). The summed E-state index contributed by atoms with van der Waals surface area (Å²) in [7, 11) is 0. The van der Waals surface area contributed by atoms with Crippen molar-refractivity contribution >= 4 is 17.5 Å². The summed E-state index contributed by atoms with van der Waals surface area (Å²) in [5, 5.41) is 2.81. The average Bonchev–Trinajstić information content (AvgIpc) is 2.95. The normalized spacial score (nSPS) is 18.1. The van der Waals surface area contributed by atoms with Gasteiger partial charge < -0.3 is 14.8 Å². The van der Waals surface area contributed by atoms with Crippen molar-refractivity contribution in [3.05, 3.63) is 124 Å². The van der Waals surface area contributed by atoms with Crippen LogP contribution in [0, 0.1) is 5.92 Å². The highest BCUT2D eigenvalue weighted by Crippen LogP contribution is 2.36. The van der Waals surface area contributed by atoms with Gasteiger partial charge in [0.05, 0.1) is 0 Å². The van der Waals surface area contributed by atoms with Crippen LogP contribution in [0.1, 0.15) is 38.7 Å². The second-order valence-corrected chi connectivity index (χ2v) is 9.86. The quantitative estimate of drug-likeness (QED) is 0.437. The molecule has 184 valence electrons. The van der Waals surface area contributed by atoms with Crippen LogP contribution in [0.15, 0.2) is 102 Å². The molecular formula is C31H27N3O3. The molecule has 0 spiro atoms. The molecule has 1 saturated heterocycles. The molecule has 1 N–H and O–H groups in total. The number of nitrogens with one attached hydrogen (secondary N) is 1. The Morgan fingerprint density at radius 2 is 1.38 bits per heavy atom. The lowest BCUT2D eigenvalue weighted by Crippen LogP contribution is -2.49. The van der Waals surface area contributed by atoms with Gasteiger partial charge in [0.25, 0.3) is 17.4 Å². The van der Waals surface area contributed by atoms with Gasteiger partial charge in [-0.3, -0.25) is 14.4 Å². The number of carbonyl (C=O) groups excluding carboxylic acids is 2. The molecule has 6 rings (SSSR count). The van der Waals surface area contributed by atoms with Gasteiger partial charge in [-0.2, -0.15) is 0 Å². The van der Waals surface area contributed by atoms with Crippen molar-refractivity contribution in [3.63, 3.8) is 0 Å². The molecule has 2 aliphatic rings. The van der Waals surface area contributed by atoms with E-state index in [-0.39, 0.29) is 34.9 Å². The van der Waals surface area contributed by atoms with E-state index in [1.807, 2.05) is 83.8 Å². The Morgan fingerprint density at radius 1 is 0.703 bits per heavy atom. The number of anilines is 1. The van der Waals surface area contributed by atoms with Gasteiger partial charge in [0.15, 0.2) is 0 Å². The van der Waals surface area contributed by atoms with Crippen LogP contribution in [-0.2, 0) is 6.54 Å². The number of hydrogen-bond donors (Lipinski definition) is 1. The summed E-state index contributed by atoms with van der Waals surface area (Å²) < 4.78 is 1.79. The van der Waals surface area contributed by atoms with Gasteiger partial charge in [-0.15, -0.1) is 0 Å². The number of likely N-dealkylation sites (tertiary alicyclic amines) is 1. The highest BCUT2D eigenvalue weighted by molar-refractivity contribution is 6.04. The number of rotatable bonds is 4. The minimum atomic E-state index is -0.312. The van der Waals surface area contributed by atoms with Gasteiger partial charge in [0, 0.05) is 42.4 Å². The molecule has 3 aromatic carbocycles. The number of amides is 2. The second-order valence-electron chi connectivity index (χ2n) is 9.86. The van der Waals surface area contributed by atoms with E-state index in [1.54, 1.807) is 22.8 Å². The summed E-state index contributed by atoms with van der Waals surface area (Å²) in [5.41, 5.74) is 4.30. The summed E-state index contributed by atoms with van der Waals surface area (Å²) in [6.45, 7) is 1.75. The zero-order valence-electron chi connectivity index (χ0n) is 20.3. The monoisotopic (exact) mass is 489 g/mol. The Kier molecular flexibility index (Phi) is 5.93. The first-order valence-electron chi connectivity index (χ1n) is 12.6. The van der Waals surface area contributed by atoms with Gasteiger partial charge in [0.1, 0.15) is 5.69 Å².